The Labute approximate surface area is 165 Å². The molecule has 7 nitrogen and oxygen atoms in total. The summed E-state index contributed by atoms with van der Waals surface area (Å²) in [4.78, 5) is 31.5. The van der Waals surface area contributed by atoms with Crippen LogP contribution in [0, 0.1) is 17.8 Å². The van der Waals surface area contributed by atoms with Gasteiger partial charge in [-0.15, -0.1) is 0 Å². The normalized spacial score (nSPS) is 24.1. The molecular weight excluding hydrogens is 354 g/mol. The lowest BCUT2D eigenvalue weighted by atomic mass is 9.94. The fourth-order valence-corrected chi connectivity index (χ4v) is 4.00. The number of hydrogen-bond acceptors (Lipinski definition) is 4. The average molecular weight is 381 g/mol. The largest absolute Gasteiger partial charge is 0.344 e. The molecule has 1 aromatic carbocycles. The van der Waals surface area contributed by atoms with Gasteiger partial charge in [0.05, 0.1) is 16.8 Å². The SMILES string of the molecule is CC(C)C(C)CC(=O)N1C[C@@H]2C[C@]2(NC(=O)c2ccccc2-n2cncn2)C1. The molecule has 1 aromatic heterocycles. The molecule has 1 N–H and O–H groups in total. The lowest BCUT2D eigenvalue weighted by Gasteiger charge is -2.24. The highest BCUT2D eigenvalue weighted by Gasteiger charge is 2.61. The van der Waals surface area contributed by atoms with Gasteiger partial charge in [0.1, 0.15) is 12.7 Å². The molecule has 2 aliphatic rings. The van der Waals surface area contributed by atoms with E-state index in [4.69, 9.17) is 0 Å². The molecule has 1 unspecified atom stereocenters. The Morgan fingerprint density at radius 1 is 1.29 bits per heavy atom. The Hall–Kier alpha value is -2.70. The number of amides is 2. The van der Waals surface area contributed by atoms with E-state index in [9.17, 15) is 9.59 Å². The number of likely N-dealkylation sites (tertiary alicyclic amines) is 1. The molecule has 4 rings (SSSR count). The highest BCUT2D eigenvalue weighted by Crippen LogP contribution is 2.50. The van der Waals surface area contributed by atoms with E-state index in [1.807, 2.05) is 23.1 Å². The number of carbonyl (C=O) groups is 2. The Balaban J connectivity index is 1.44. The lowest BCUT2D eigenvalue weighted by molar-refractivity contribution is -0.132. The Bertz CT molecular complexity index is 879. The third-order valence-electron chi connectivity index (χ3n) is 6.31. The predicted octanol–water partition coefficient (Wildman–Crippen LogP) is 2.28. The summed E-state index contributed by atoms with van der Waals surface area (Å²) in [7, 11) is 0. The molecule has 1 aliphatic heterocycles. The smallest absolute Gasteiger partial charge is 0.253 e. The van der Waals surface area contributed by atoms with Gasteiger partial charge in [0.2, 0.25) is 5.91 Å². The second-order valence-electron chi connectivity index (χ2n) is 8.57. The van der Waals surface area contributed by atoms with E-state index in [1.165, 1.54) is 6.33 Å². The maximum absolute atomic E-state index is 13.0. The average Bonchev–Trinajstić information content (AvgIpc) is 3.06. The highest BCUT2D eigenvalue weighted by molar-refractivity contribution is 5.98. The molecule has 2 fully saturated rings. The number of hydrogen-bond donors (Lipinski definition) is 1. The van der Waals surface area contributed by atoms with Crippen molar-refractivity contribution >= 4 is 11.8 Å². The second-order valence-corrected chi connectivity index (χ2v) is 8.57. The molecule has 0 radical (unpaired) electrons. The van der Waals surface area contributed by atoms with Crippen LogP contribution in [0.1, 0.15) is 44.0 Å². The van der Waals surface area contributed by atoms with Crippen LogP contribution in [0.15, 0.2) is 36.9 Å². The fourth-order valence-electron chi connectivity index (χ4n) is 4.00. The van der Waals surface area contributed by atoms with Crippen LogP contribution in [0.2, 0.25) is 0 Å². The fraction of sp³-hybridized carbons (Fsp3) is 0.524. The number of benzene rings is 1. The maximum Gasteiger partial charge on any atom is 0.253 e. The van der Waals surface area contributed by atoms with Crippen molar-refractivity contribution in [2.45, 2.75) is 39.2 Å². The number of para-hydroxylation sites is 1. The van der Waals surface area contributed by atoms with Crippen LogP contribution >= 0.6 is 0 Å². The number of piperidine rings is 1. The first-order valence-corrected chi connectivity index (χ1v) is 9.94. The number of fused-ring (bicyclic) bond motifs is 1. The molecule has 28 heavy (non-hydrogen) atoms. The van der Waals surface area contributed by atoms with Crippen molar-refractivity contribution in [3.8, 4) is 5.69 Å². The van der Waals surface area contributed by atoms with Crippen LogP contribution in [0.25, 0.3) is 5.69 Å². The van der Waals surface area contributed by atoms with Crippen LogP contribution in [0.3, 0.4) is 0 Å². The van der Waals surface area contributed by atoms with Crippen LogP contribution in [0.4, 0.5) is 0 Å². The van der Waals surface area contributed by atoms with Gasteiger partial charge in [0.15, 0.2) is 0 Å². The third kappa shape index (κ3) is 3.41. The van der Waals surface area contributed by atoms with E-state index in [0.717, 1.165) is 13.0 Å². The van der Waals surface area contributed by atoms with Crippen LogP contribution < -0.4 is 5.32 Å². The van der Waals surface area contributed by atoms with Crippen molar-refractivity contribution < 1.29 is 9.59 Å². The molecule has 2 heterocycles. The van der Waals surface area contributed by atoms with Gasteiger partial charge < -0.3 is 10.2 Å². The monoisotopic (exact) mass is 381 g/mol. The molecule has 148 valence electrons. The van der Waals surface area contributed by atoms with Crippen molar-refractivity contribution in [1.29, 1.82) is 0 Å². The Kier molecular flexibility index (Phi) is 4.69. The third-order valence-corrected chi connectivity index (χ3v) is 6.31. The quantitative estimate of drug-likeness (QED) is 0.832. The van der Waals surface area contributed by atoms with Gasteiger partial charge in [-0.05, 0) is 30.4 Å². The first-order valence-electron chi connectivity index (χ1n) is 9.94. The van der Waals surface area contributed by atoms with Gasteiger partial charge in [0, 0.05) is 25.4 Å². The van der Waals surface area contributed by atoms with E-state index < -0.39 is 0 Å². The number of nitrogens with zero attached hydrogens (tertiary/aromatic N) is 4. The Morgan fingerprint density at radius 2 is 2.07 bits per heavy atom. The lowest BCUT2D eigenvalue weighted by Crippen LogP contribution is -2.44. The van der Waals surface area contributed by atoms with Crippen molar-refractivity contribution in [3.63, 3.8) is 0 Å². The molecule has 2 amide bonds. The minimum Gasteiger partial charge on any atom is -0.344 e. The number of nitrogens with one attached hydrogen (secondary N) is 1. The zero-order chi connectivity index (χ0) is 19.9. The van der Waals surface area contributed by atoms with Crippen molar-refractivity contribution in [3.05, 3.63) is 42.5 Å². The standard InChI is InChI=1S/C21H27N5O2/c1-14(2)15(3)8-19(27)25-10-16-9-21(16,11-25)24-20(28)17-6-4-5-7-18(17)26-13-22-12-23-26/h4-7,12-16H,8-11H2,1-3H3,(H,24,28)/t15?,16-,21-/m0/s1. The minimum atomic E-state index is -0.275. The second kappa shape index (κ2) is 7.04. The van der Waals surface area contributed by atoms with Crippen molar-refractivity contribution in [2.24, 2.45) is 17.8 Å². The summed E-state index contributed by atoms with van der Waals surface area (Å²) >= 11 is 0. The van der Waals surface area contributed by atoms with Gasteiger partial charge in [-0.25, -0.2) is 9.67 Å². The zero-order valence-corrected chi connectivity index (χ0v) is 16.6. The summed E-state index contributed by atoms with van der Waals surface area (Å²) in [5, 5.41) is 7.35. The van der Waals surface area contributed by atoms with Gasteiger partial charge in [-0.1, -0.05) is 32.9 Å². The highest BCUT2D eigenvalue weighted by atomic mass is 16.2. The first kappa shape index (κ1) is 18.7. The van der Waals surface area contributed by atoms with Crippen molar-refractivity contribution in [1.82, 2.24) is 25.0 Å². The maximum atomic E-state index is 13.0. The molecule has 3 atom stereocenters. The topological polar surface area (TPSA) is 80.1 Å². The molecule has 2 aromatic rings. The number of rotatable bonds is 6. The van der Waals surface area contributed by atoms with E-state index >= 15 is 0 Å². The van der Waals surface area contributed by atoms with Crippen LogP contribution in [0.5, 0.6) is 0 Å². The van der Waals surface area contributed by atoms with E-state index in [1.54, 1.807) is 17.1 Å². The number of carbonyl (C=O) groups excluding carboxylic acids is 2. The Morgan fingerprint density at radius 3 is 2.79 bits per heavy atom. The summed E-state index contributed by atoms with van der Waals surface area (Å²) in [6, 6.07) is 7.36. The van der Waals surface area contributed by atoms with Crippen molar-refractivity contribution in [2.75, 3.05) is 13.1 Å². The van der Waals surface area contributed by atoms with Gasteiger partial charge in [-0.2, -0.15) is 5.10 Å². The molecule has 7 heteroatoms. The van der Waals surface area contributed by atoms with Gasteiger partial charge >= 0.3 is 0 Å². The molecule has 1 aliphatic carbocycles. The van der Waals surface area contributed by atoms with E-state index in [-0.39, 0.29) is 17.4 Å². The summed E-state index contributed by atoms with van der Waals surface area (Å²) in [5.41, 5.74) is 0.984. The van der Waals surface area contributed by atoms with Gasteiger partial charge in [-0.3, -0.25) is 9.59 Å². The summed E-state index contributed by atoms with van der Waals surface area (Å²) in [6.07, 6.45) is 4.54. The number of aromatic nitrogens is 3. The predicted molar refractivity (Wildman–Crippen MR) is 105 cm³/mol. The molecule has 1 saturated heterocycles. The van der Waals surface area contributed by atoms with Gasteiger partial charge in [0.25, 0.3) is 5.91 Å². The molecule has 0 bridgehead atoms. The summed E-state index contributed by atoms with van der Waals surface area (Å²) in [6.45, 7) is 7.77. The van der Waals surface area contributed by atoms with E-state index in [2.05, 4.69) is 36.2 Å². The first-order chi connectivity index (χ1) is 13.4. The summed E-state index contributed by atoms with van der Waals surface area (Å²) < 4.78 is 1.59. The molecular formula is C21H27N5O2. The summed E-state index contributed by atoms with van der Waals surface area (Å²) in [5.74, 6) is 1.28. The van der Waals surface area contributed by atoms with Crippen LogP contribution in [-0.2, 0) is 4.79 Å². The zero-order valence-electron chi connectivity index (χ0n) is 16.6. The van der Waals surface area contributed by atoms with Crippen LogP contribution in [-0.4, -0.2) is 50.1 Å². The molecule has 0 spiro atoms. The minimum absolute atomic E-state index is 0.126. The molecule has 1 saturated carbocycles. The van der Waals surface area contributed by atoms with E-state index in [0.29, 0.717) is 42.0 Å².